The topological polar surface area (TPSA) is 12.0 Å². The van der Waals surface area contributed by atoms with E-state index >= 15 is 0 Å². The second-order valence-corrected chi connectivity index (χ2v) is 5.70. The van der Waals surface area contributed by atoms with Crippen molar-refractivity contribution in [2.24, 2.45) is 0 Å². The normalized spacial score (nSPS) is 12.4. The molecule has 0 saturated heterocycles. The predicted molar refractivity (Wildman–Crippen MR) is 80.8 cm³/mol. The van der Waals surface area contributed by atoms with Gasteiger partial charge in [0.1, 0.15) is 5.82 Å². The van der Waals surface area contributed by atoms with Gasteiger partial charge in [-0.1, -0.05) is 29.8 Å². The third-order valence-electron chi connectivity index (χ3n) is 2.95. The first-order valence-electron chi connectivity index (χ1n) is 5.99. The molecule has 0 bridgehead atoms. The number of halogens is 3. The first kappa shape index (κ1) is 14.5. The molecule has 0 heterocycles. The SMILES string of the molecule is CC(NCc1ccc(F)c(Br)c1)c1cccc(Cl)c1. The van der Waals surface area contributed by atoms with E-state index in [2.05, 4.69) is 28.2 Å². The van der Waals surface area contributed by atoms with Crippen molar-refractivity contribution in [3.8, 4) is 0 Å². The molecule has 0 spiro atoms. The van der Waals surface area contributed by atoms with Crippen molar-refractivity contribution in [3.05, 3.63) is 68.9 Å². The Labute approximate surface area is 125 Å². The molecule has 0 aliphatic carbocycles. The van der Waals surface area contributed by atoms with Crippen molar-refractivity contribution in [2.45, 2.75) is 19.5 Å². The van der Waals surface area contributed by atoms with Gasteiger partial charge in [0.05, 0.1) is 4.47 Å². The highest BCUT2D eigenvalue weighted by Gasteiger charge is 2.06. The van der Waals surface area contributed by atoms with Crippen LogP contribution < -0.4 is 5.32 Å². The van der Waals surface area contributed by atoms with Gasteiger partial charge in [-0.2, -0.15) is 0 Å². The monoisotopic (exact) mass is 341 g/mol. The van der Waals surface area contributed by atoms with Crippen LogP contribution in [0.4, 0.5) is 4.39 Å². The molecule has 100 valence electrons. The summed E-state index contributed by atoms with van der Waals surface area (Å²) in [6.07, 6.45) is 0. The van der Waals surface area contributed by atoms with E-state index in [9.17, 15) is 4.39 Å². The smallest absolute Gasteiger partial charge is 0.137 e. The van der Waals surface area contributed by atoms with Crippen LogP contribution in [0.3, 0.4) is 0 Å². The summed E-state index contributed by atoms with van der Waals surface area (Å²) in [6, 6.07) is 13.0. The van der Waals surface area contributed by atoms with Crippen LogP contribution in [0.25, 0.3) is 0 Å². The highest BCUT2D eigenvalue weighted by Crippen LogP contribution is 2.19. The lowest BCUT2D eigenvalue weighted by Crippen LogP contribution is -2.18. The summed E-state index contributed by atoms with van der Waals surface area (Å²) in [5.74, 6) is -0.244. The molecule has 2 aromatic rings. The second-order valence-electron chi connectivity index (χ2n) is 4.41. The Kier molecular flexibility index (Phi) is 4.97. The molecule has 1 nitrogen and oxygen atoms in total. The molecule has 0 radical (unpaired) electrons. The lowest BCUT2D eigenvalue weighted by atomic mass is 10.1. The van der Waals surface area contributed by atoms with Crippen LogP contribution in [0.15, 0.2) is 46.9 Å². The molecule has 0 aromatic heterocycles. The van der Waals surface area contributed by atoms with Crippen molar-refractivity contribution in [3.63, 3.8) is 0 Å². The molecule has 2 rings (SSSR count). The van der Waals surface area contributed by atoms with Gasteiger partial charge in [-0.15, -0.1) is 0 Å². The highest BCUT2D eigenvalue weighted by atomic mass is 79.9. The summed E-state index contributed by atoms with van der Waals surface area (Å²) in [7, 11) is 0. The Morgan fingerprint density at radius 1 is 1.26 bits per heavy atom. The Morgan fingerprint density at radius 3 is 2.74 bits per heavy atom. The van der Waals surface area contributed by atoms with Crippen LogP contribution in [0.1, 0.15) is 24.1 Å². The van der Waals surface area contributed by atoms with Crippen molar-refractivity contribution in [2.75, 3.05) is 0 Å². The van der Waals surface area contributed by atoms with Crippen molar-refractivity contribution in [1.29, 1.82) is 0 Å². The van der Waals surface area contributed by atoms with E-state index in [-0.39, 0.29) is 11.9 Å². The first-order chi connectivity index (χ1) is 9.06. The standard InChI is InChI=1S/C15H14BrClFN/c1-10(12-3-2-4-13(17)8-12)19-9-11-5-6-15(18)14(16)7-11/h2-8,10,19H,9H2,1H3. The average molecular weight is 343 g/mol. The van der Waals surface area contributed by atoms with E-state index in [0.717, 1.165) is 16.1 Å². The van der Waals surface area contributed by atoms with Crippen LogP contribution in [-0.2, 0) is 6.54 Å². The third-order valence-corrected chi connectivity index (χ3v) is 3.79. The summed E-state index contributed by atoms with van der Waals surface area (Å²) >= 11 is 9.16. The van der Waals surface area contributed by atoms with Gasteiger partial charge in [0.15, 0.2) is 0 Å². The number of rotatable bonds is 4. The minimum Gasteiger partial charge on any atom is -0.306 e. The van der Waals surface area contributed by atoms with Crippen LogP contribution in [0.2, 0.25) is 5.02 Å². The summed E-state index contributed by atoms with van der Waals surface area (Å²) in [4.78, 5) is 0. The molecular weight excluding hydrogens is 329 g/mol. The van der Waals surface area contributed by atoms with E-state index < -0.39 is 0 Å². The summed E-state index contributed by atoms with van der Waals surface area (Å²) < 4.78 is 13.6. The van der Waals surface area contributed by atoms with E-state index in [0.29, 0.717) is 11.0 Å². The first-order valence-corrected chi connectivity index (χ1v) is 7.16. The fourth-order valence-corrected chi connectivity index (χ4v) is 2.44. The quantitative estimate of drug-likeness (QED) is 0.816. The van der Waals surface area contributed by atoms with Gasteiger partial charge in [0, 0.05) is 17.6 Å². The van der Waals surface area contributed by atoms with Crippen molar-refractivity contribution in [1.82, 2.24) is 5.32 Å². The summed E-state index contributed by atoms with van der Waals surface area (Å²) in [5.41, 5.74) is 2.16. The summed E-state index contributed by atoms with van der Waals surface area (Å²) in [6.45, 7) is 2.75. The zero-order valence-electron chi connectivity index (χ0n) is 10.5. The maximum atomic E-state index is 13.1. The Hall–Kier alpha value is -0.900. The molecule has 19 heavy (non-hydrogen) atoms. The van der Waals surface area contributed by atoms with Crippen LogP contribution in [-0.4, -0.2) is 0 Å². The molecule has 1 N–H and O–H groups in total. The highest BCUT2D eigenvalue weighted by molar-refractivity contribution is 9.10. The van der Waals surface area contributed by atoms with E-state index in [4.69, 9.17) is 11.6 Å². The minimum atomic E-state index is -0.244. The van der Waals surface area contributed by atoms with Crippen LogP contribution >= 0.6 is 27.5 Å². The molecule has 0 aliphatic heterocycles. The Balaban J connectivity index is 2.00. The molecule has 1 unspecified atom stereocenters. The van der Waals surface area contributed by atoms with Gasteiger partial charge in [-0.3, -0.25) is 0 Å². The fourth-order valence-electron chi connectivity index (χ4n) is 1.81. The van der Waals surface area contributed by atoms with Crippen molar-refractivity contribution >= 4 is 27.5 Å². The molecular formula is C15H14BrClFN. The molecule has 0 amide bonds. The predicted octanol–water partition coefficient (Wildman–Crippen LogP) is 5.09. The van der Waals surface area contributed by atoms with Gasteiger partial charge in [0.2, 0.25) is 0 Å². The second kappa shape index (κ2) is 6.51. The van der Waals surface area contributed by atoms with E-state index in [1.807, 2.05) is 24.3 Å². The van der Waals surface area contributed by atoms with E-state index in [1.165, 1.54) is 6.07 Å². The Morgan fingerprint density at radius 2 is 2.05 bits per heavy atom. The molecule has 2 aromatic carbocycles. The van der Waals surface area contributed by atoms with Crippen molar-refractivity contribution < 1.29 is 4.39 Å². The lowest BCUT2D eigenvalue weighted by Gasteiger charge is -2.14. The molecule has 0 fully saturated rings. The minimum absolute atomic E-state index is 0.183. The molecule has 0 aliphatic rings. The third kappa shape index (κ3) is 4.03. The fraction of sp³-hybridized carbons (Fsp3) is 0.200. The van der Waals surface area contributed by atoms with Gasteiger partial charge >= 0.3 is 0 Å². The molecule has 4 heteroatoms. The molecule has 0 saturated carbocycles. The Bertz CT molecular complexity index is 574. The number of benzene rings is 2. The zero-order chi connectivity index (χ0) is 13.8. The lowest BCUT2D eigenvalue weighted by molar-refractivity contribution is 0.572. The van der Waals surface area contributed by atoms with Gasteiger partial charge < -0.3 is 5.32 Å². The maximum absolute atomic E-state index is 13.1. The molecule has 1 atom stereocenters. The average Bonchev–Trinajstić information content (AvgIpc) is 2.40. The van der Waals surface area contributed by atoms with E-state index in [1.54, 1.807) is 12.1 Å². The number of nitrogens with one attached hydrogen (secondary N) is 1. The maximum Gasteiger partial charge on any atom is 0.137 e. The van der Waals surface area contributed by atoms with Gasteiger partial charge in [0.25, 0.3) is 0 Å². The van der Waals surface area contributed by atoms with Gasteiger partial charge in [-0.25, -0.2) is 4.39 Å². The largest absolute Gasteiger partial charge is 0.306 e. The van der Waals surface area contributed by atoms with Crippen LogP contribution in [0.5, 0.6) is 0 Å². The van der Waals surface area contributed by atoms with Gasteiger partial charge in [-0.05, 0) is 58.2 Å². The number of hydrogen-bond donors (Lipinski definition) is 1. The van der Waals surface area contributed by atoms with Crippen LogP contribution in [0, 0.1) is 5.82 Å². The summed E-state index contributed by atoms with van der Waals surface area (Å²) in [5, 5.41) is 4.12. The zero-order valence-corrected chi connectivity index (χ0v) is 12.8. The number of hydrogen-bond acceptors (Lipinski definition) is 1.